The van der Waals surface area contributed by atoms with Crippen LogP contribution in [0.2, 0.25) is 0 Å². The topological polar surface area (TPSA) is 55.5 Å². The summed E-state index contributed by atoms with van der Waals surface area (Å²) in [5.41, 5.74) is 6.63. The van der Waals surface area contributed by atoms with E-state index in [1.807, 2.05) is 18.2 Å². The molecular weight excluding hydrogens is 190 g/mol. The molecule has 2 rings (SSSR count). The highest BCUT2D eigenvalue weighted by Gasteiger charge is 2.21. The van der Waals surface area contributed by atoms with Crippen molar-refractivity contribution in [3.05, 3.63) is 29.8 Å². The lowest BCUT2D eigenvalue weighted by Crippen LogP contribution is -2.29. The van der Waals surface area contributed by atoms with E-state index in [1.54, 1.807) is 0 Å². The van der Waals surface area contributed by atoms with E-state index in [-0.39, 0.29) is 0 Å². The molecule has 0 bridgehead atoms. The van der Waals surface area contributed by atoms with Gasteiger partial charge in [-0.25, -0.2) is 0 Å². The molecule has 3 nitrogen and oxygen atoms in total. The molecule has 0 spiro atoms. The predicted molar refractivity (Wildman–Crippen MR) is 58.8 cm³/mol. The molecule has 0 aliphatic carbocycles. The van der Waals surface area contributed by atoms with Crippen LogP contribution in [-0.2, 0) is 6.42 Å². The van der Waals surface area contributed by atoms with Gasteiger partial charge in [-0.05, 0) is 30.4 Å². The first kappa shape index (κ1) is 10.5. The maximum Gasteiger partial charge on any atom is 0.122 e. The molecule has 1 aliphatic heterocycles. The van der Waals surface area contributed by atoms with Crippen LogP contribution in [0.15, 0.2) is 24.3 Å². The third kappa shape index (κ3) is 2.49. The Morgan fingerprint density at radius 3 is 3.07 bits per heavy atom. The van der Waals surface area contributed by atoms with E-state index in [4.69, 9.17) is 10.5 Å². The molecule has 2 atom stereocenters. The summed E-state index contributed by atoms with van der Waals surface area (Å²) in [6, 6.07) is 8.07. The van der Waals surface area contributed by atoms with Crippen LogP contribution in [0.3, 0.4) is 0 Å². The largest absolute Gasteiger partial charge is 0.493 e. The molecule has 82 valence electrons. The van der Waals surface area contributed by atoms with Gasteiger partial charge in [0, 0.05) is 6.54 Å². The molecule has 0 aromatic heterocycles. The van der Waals surface area contributed by atoms with Crippen molar-refractivity contribution in [2.75, 3.05) is 13.2 Å². The number of nitrogens with two attached hydrogens (primary N) is 1. The van der Waals surface area contributed by atoms with Gasteiger partial charge in [0.1, 0.15) is 5.75 Å². The van der Waals surface area contributed by atoms with E-state index in [2.05, 4.69) is 6.07 Å². The average molecular weight is 207 g/mol. The van der Waals surface area contributed by atoms with Crippen LogP contribution in [0.1, 0.15) is 12.0 Å². The van der Waals surface area contributed by atoms with E-state index in [0.29, 0.717) is 19.1 Å². The fourth-order valence-corrected chi connectivity index (χ4v) is 2.02. The van der Waals surface area contributed by atoms with Crippen molar-refractivity contribution in [1.82, 2.24) is 0 Å². The van der Waals surface area contributed by atoms with E-state index in [0.717, 1.165) is 18.6 Å². The molecule has 15 heavy (non-hydrogen) atoms. The number of fused-ring (bicyclic) bond motifs is 1. The van der Waals surface area contributed by atoms with Crippen molar-refractivity contribution in [3.8, 4) is 5.75 Å². The van der Waals surface area contributed by atoms with Crippen molar-refractivity contribution in [1.29, 1.82) is 0 Å². The molecule has 1 aliphatic rings. The van der Waals surface area contributed by atoms with Crippen LogP contribution in [0.25, 0.3) is 0 Å². The summed E-state index contributed by atoms with van der Waals surface area (Å²) in [6.45, 7) is 1.02. The minimum Gasteiger partial charge on any atom is -0.493 e. The van der Waals surface area contributed by atoms with Gasteiger partial charge in [-0.2, -0.15) is 0 Å². The summed E-state index contributed by atoms with van der Waals surface area (Å²) in [4.78, 5) is 0. The van der Waals surface area contributed by atoms with Gasteiger partial charge in [0.15, 0.2) is 0 Å². The molecule has 3 N–H and O–H groups in total. The van der Waals surface area contributed by atoms with Crippen molar-refractivity contribution in [2.45, 2.75) is 18.9 Å². The minimum absolute atomic E-state index is 0.331. The van der Waals surface area contributed by atoms with Crippen LogP contribution in [0.5, 0.6) is 5.75 Å². The summed E-state index contributed by atoms with van der Waals surface area (Å²) in [7, 11) is 0. The second-order valence-electron chi connectivity index (χ2n) is 4.11. The zero-order chi connectivity index (χ0) is 10.7. The zero-order valence-electron chi connectivity index (χ0n) is 8.73. The fourth-order valence-electron chi connectivity index (χ4n) is 2.02. The van der Waals surface area contributed by atoms with Gasteiger partial charge in [0.2, 0.25) is 0 Å². The second kappa shape index (κ2) is 4.64. The molecule has 1 aromatic carbocycles. The van der Waals surface area contributed by atoms with Gasteiger partial charge < -0.3 is 15.6 Å². The predicted octanol–water partition coefficient (Wildman–Crippen LogP) is 0.947. The molecule has 0 fully saturated rings. The minimum atomic E-state index is -0.399. The highest BCUT2D eigenvalue weighted by atomic mass is 16.5. The monoisotopic (exact) mass is 207 g/mol. The molecule has 0 amide bonds. The number of aliphatic hydroxyl groups is 1. The Morgan fingerprint density at radius 2 is 2.27 bits per heavy atom. The van der Waals surface area contributed by atoms with Crippen molar-refractivity contribution in [2.24, 2.45) is 11.7 Å². The van der Waals surface area contributed by atoms with Gasteiger partial charge in [-0.1, -0.05) is 18.2 Å². The lowest BCUT2D eigenvalue weighted by atomic mass is 9.92. The average Bonchev–Trinajstić information content (AvgIpc) is 2.29. The summed E-state index contributed by atoms with van der Waals surface area (Å²) in [5.74, 6) is 1.37. The van der Waals surface area contributed by atoms with Crippen LogP contribution < -0.4 is 10.5 Å². The molecule has 0 saturated heterocycles. The summed E-state index contributed by atoms with van der Waals surface area (Å²) in [5, 5.41) is 9.48. The maximum absolute atomic E-state index is 9.48. The molecule has 0 saturated carbocycles. The number of hydrogen-bond acceptors (Lipinski definition) is 3. The van der Waals surface area contributed by atoms with Crippen molar-refractivity contribution >= 4 is 0 Å². The van der Waals surface area contributed by atoms with Crippen LogP contribution in [0.4, 0.5) is 0 Å². The zero-order valence-corrected chi connectivity index (χ0v) is 8.73. The number of aliphatic hydroxyl groups excluding tert-OH is 1. The van der Waals surface area contributed by atoms with Gasteiger partial charge >= 0.3 is 0 Å². The Kier molecular flexibility index (Phi) is 3.23. The molecule has 0 radical (unpaired) electrons. The molecule has 1 aromatic rings. The van der Waals surface area contributed by atoms with Crippen LogP contribution in [0, 0.1) is 5.92 Å². The Balaban J connectivity index is 1.99. The van der Waals surface area contributed by atoms with Crippen LogP contribution >= 0.6 is 0 Å². The van der Waals surface area contributed by atoms with E-state index >= 15 is 0 Å². The first-order valence-electron chi connectivity index (χ1n) is 5.38. The second-order valence-corrected chi connectivity index (χ2v) is 4.11. The number of rotatable bonds is 3. The van der Waals surface area contributed by atoms with Crippen molar-refractivity contribution < 1.29 is 9.84 Å². The Bertz CT molecular complexity index is 327. The number of ether oxygens (including phenoxy) is 1. The highest BCUT2D eigenvalue weighted by molar-refractivity contribution is 5.35. The first-order valence-corrected chi connectivity index (χ1v) is 5.38. The van der Waals surface area contributed by atoms with Gasteiger partial charge in [-0.15, -0.1) is 0 Å². The molecular formula is C12H17NO2. The van der Waals surface area contributed by atoms with E-state index in [9.17, 15) is 5.11 Å². The Labute approximate surface area is 89.9 Å². The molecule has 1 heterocycles. The van der Waals surface area contributed by atoms with Gasteiger partial charge in [0.05, 0.1) is 12.7 Å². The quantitative estimate of drug-likeness (QED) is 0.775. The first-order chi connectivity index (χ1) is 7.29. The Hall–Kier alpha value is -1.06. The summed E-state index contributed by atoms with van der Waals surface area (Å²) >= 11 is 0. The highest BCUT2D eigenvalue weighted by Crippen LogP contribution is 2.28. The maximum atomic E-state index is 9.48. The lowest BCUT2D eigenvalue weighted by molar-refractivity contribution is 0.119. The molecule has 2 unspecified atom stereocenters. The Morgan fingerprint density at radius 1 is 1.47 bits per heavy atom. The standard InChI is InChI=1S/C12H17NO2/c13-7-11(14)6-9-5-10-3-1-2-4-12(10)15-8-9/h1-4,9,11,14H,5-8,13H2. The van der Waals surface area contributed by atoms with Crippen LogP contribution in [-0.4, -0.2) is 24.4 Å². The van der Waals surface area contributed by atoms with Gasteiger partial charge in [-0.3, -0.25) is 0 Å². The molecule has 3 heteroatoms. The number of para-hydroxylation sites is 1. The summed E-state index contributed by atoms with van der Waals surface area (Å²) in [6.07, 6.45) is 1.31. The third-order valence-electron chi connectivity index (χ3n) is 2.83. The summed E-state index contributed by atoms with van der Waals surface area (Å²) < 4.78 is 5.63. The van der Waals surface area contributed by atoms with E-state index < -0.39 is 6.10 Å². The number of hydrogen-bond donors (Lipinski definition) is 2. The number of benzene rings is 1. The normalized spacial score (nSPS) is 21.6. The van der Waals surface area contributed by atoms with Gasteiger partial charge in [0.25, 0.3) is 0 Å². The smallest absolute Gasteiger partial charge is 0.122 e. The van der Waals surface area contributed by atoms with Crippen molar-refractivity contribution in [3.63, 3.8) is 0 Å². The SMILES string of the molecule is NCC(O)CC1COc2ccccc2C1. The fraction of sp³-hybridized carbons (Fsp3) is 0.500. The lowest BCUT2D eigenvalue weighted by Gasteiger charge is -2.26. The van der Waals surface area contributed by atoms with E-state index in [1.165, 1.54) is 5.56 Å². The third-order valence-corrected chi connectivity index (χ3v) is 2.83.